The van der Waals surface area contributed by atoms with Gasteiger partial charge in [-0.3, -0.25) is 39.4 Å². The van der Waals surface area contributed by atoms with E-state index in [2.05, 4.69) is 46.5 Å². The van der Waals surface area contributed by atoms with E-state index in [4.69, 9.17) is 24.9 Å². The number of nitro groups is 2. The van der Waals surface area contributed by atoms with Crippen LogP contribution in [0.2, 0.25) is 0 Å². The van der Waals surface area contributed by atoms with Crippen LogP contribution in [-0.2, 0) is 32.2 Å². The van der Waals surface area contributed by atoms with Crippen LogP contribution in [0.4, 0.5) is 11.4 Å². The number of nitro benzene ring substituents is 2. The van der Waals surface area contributed by atoms with Crippen LogP contribution in [-0.4, -0.2) is 88.9 Å². The summed E-state index contributed by atoms with van der Waals surface area (Å²) in [4.78, 5) is 79.4. The number of aryl methyl sites for hydroxylation is 1. The zero-order valence-corrected chi connectivity index (χ0v) is 42.8. The van der Waals surface area contributed by atoms with Crippen molar-refractivity contribution in [2.24, 2.45) is 10.9 Å². The molecule has 0 saturated heterocycles. The molecular weight excluding hydrogens is 977 g/mol. The summed E-state index contributed by atoms with van der Waals surface area (Å²) in [5.41, 5.74) is 11.1. The Morgan fingerprint density at radius 1 is 0.579 bits per heavy atom. The highest BCUT2D eigenvalue weighted by Gasteiger charge is 2.26. The summed E-state index contributed by atoms with van der Waals surface area (Å²) in [7, 11) is 0. The summed E-state index contributed by atoms with van der Waals surface area (Å²) in [6.45, 7) is 12.0. The zero-order valence-electron chi connectivity index (χ0n) is 42.8. The lowest BCUT2D eigenvalue weighted by Crippen LogP contribution is -2.38. The molecule has 0 atom stereocenters. The van der Waals surface area contributed by atoms with E-state index in [1.54, 1.807) is 65.8 Å². The summed E-state index contributed by atoms with van der Waals surface area (Å²) in [5, 5.41) is 37.7. The van der Waals surface area contributed by atoms with Crippen molar-refractivity contribution >= 4 is 41.0 Å². The zero-order chi connectivity index (χ0) is 55.3. The monoisotopic (exact) mass is 1030 g/mol. The van der Waals surface area contributed by atoms with Crippen LogP contribution in [0.1, 0.15) is 84.5 Å². The predicted molar refractivity (Wildman–Crippen MR) is 282 cm³/mol. The highest BCUT2D eigenvalue weighted by atomic mass is 16.6. The smallest absolute Gasteiger partial charge is 0.326 e. The van der Waals surface area contributed by atoms with Crippen LogP contribution in [0.5, 0.6) is 0 Å². The molecule has 1 aromatic heterocycles. The molecule has 1 heterocycles. The van der Waals surface area contributed by atoms with Gasteiger partial charge in [-0.25, -0.2) is 0 Å². The van der Waals surface area contributed by atoms with Crippen LogP contribution in [0.25, 0.3) is 34.0 Å². The van der Waals surface area contributed by atoms with E-state index < -0.39 is 44.8 Å². The Bertz CT molecular complexity index is 3200. The highest BCUT2D eigenvalue weighted by molar-refractivity contribution is 5.98. The lowest BCUT2D eigenvalue weighted by atomic mass is 10.0. The molecule has 7 rings (SSSR count). The van der Waals surface area contributed by atoms with Gasteiger partial charge in [-0.15, -0.1) is 0 Å². The fraction of sp³-hybridized carbons (Fsp3) is 0.232. The Balaban J connectivity index is 0.000000265. The topological polar surface area (TPSA) is 277 Å². The Kier molecular flexibility index (Phi) is 17.9. The number of esters is 2. The van der Waals surface area contributed by atoms with Gasteiger partial charge < -0.3 is 34.7 Å². The molecule has 3 N–H and O–H groups in total. The van der Waals surface area contributed by atoms with Crippen LogP contribution >= 0.6 is 0 Å². The summed E-state index contributed by atoms with van der Waals surface area (Å²) in [6, 6.07) is 40.5. The van der Waals surface area contributed by atoms with Gasteiger partial charge in [0.05, 0.1) is 9.85 Å². The summed E-state index contributed by atoms with van der Waals surface area (Å²) >= 11 is 0. The molecule has 0 aliphatic rings. The highest BCUT2D eigenvalue weighted by Crippen LogP contribution is 2.27. The van der Waals surface area contributed by atoms with Crippen LogP contribution in [0, 0.1) is 27.2 Å². The largest absolute Gasteiger partial charge is 0.459 e. The average molecular weight is 1030 g/mol. The first-order valence-electron chi connectivity index (χ1n) is 23.6. The number of nitrogens with zero attached hydrogens (tertiary/aromatic N) is 7. The minimum atomic E-state index is -0.729. The van der Waals surface area contributed by atoms with Gasteiger partial charge in [-0.05, 0) is 107 Å². The third-order valence-corrected chi connectivity index (χ3v) is 11.0. The van der Waals surface area contributed by atoms with Crippen LogP contribution in [0.15, 0.2) is 155 Å². The lowest BCUT2D eigenvalue weighted by Gasteiger charge is -2.25. The van der Waals surface area contributed by atoms with Crippen molar-refractivity contribution in [3.63, 3.8) is 0 Å². The molecule has 2 amide bonds. The fourth-order valence-electron chi connectivity index (χ4n) is 7.32. The number of hydrogen-bond donors (Lipinski definition) is 2. The van der Waals surface area contributed by atoms with Gasteiger partial charge in [0.15, 0.2) is 5.84 Å². The second-order valence-corrected chi connectivity index (χ2v) is 19.3. The van der Waals surface area contributed by atoms with Gasteiger partial charge in [0.1, 0.15) is 24.3 Å². The van der Waals surface area contributed by atoms with Gasteiger partial charge in [0.25, 0.3) is 29.1 Å². The number of aromatic nitrogens is 2. The third-order valence-electron chi connectivity index (χ3n) is 11.0. The minimum absolute atomic E-state index is 0.0564. The molecule has 0 radical (unpaired) electrons. The Hall–Kier alpha value is -9.59. The van der Waals surface area contributed by atoms with E-state index in [1.165, 1.54) is 63.9 Å². The quantitative estimate of drug-likeness (QED) is 0.0227. The molecule has 0 fully saturated rings. The number of rotatable bonds is 16. The number of benzene rings is 6. The predicted octanol–water partition coefficient (Wildman–Crippen LogP) is 9.94. The number of ether oxygens (including phenoxy) is 2. The Labute approximate surface area is 437 Å². The van der Waals surface area contributed by atoms with Gasteiger partial charge in [0, 0.05) is 65.2 Å². The molecule has 76 heavy (non-hydrogen) atoms. The van der Waals surface area contributed by atoms with E-state index in [-0.39, 0.29) is 54.5 Å². The van der Waals surface area contributed by atoms with Gasteiger partial charge >= 0.3 is 11.9 Å². The lowest BCUT2D eigenvalue weighted by molar-refractivity contribution is -0.385. The van der Waals surface area contributed by atoms with E-state index in [0.29, 0.717) is 28.4 Å². The van der Waals surface area contributed by atoms with E-state index in [9.17, 15) is 39.4 Å². The van der Waals surface area contributed by atoms with Gasteiger partial charge in [0.2, 0.25) is 5.82 Å². The molecule has 20 heteroatoms. The van der Waals surface area contributed by atoms with E-state index >= 15 is 0 Å². The first-order chi connectivity index (χ1) is 35.9. The van der Waals surface area contributed by atoms with Crippen molar-refractivity contribution in [2.45, 2.75) is 72.8 Å². The SMILES string of the molecule is CC(C)(C)OC(=O)CN(Cc1ccc(C(N)=NO)cc1)C(=O)c1ccc([N+](=O)[O-])cc1.Cc1ccc(-c2ccc(-c3nc(-c4ccc(CN(CC(=O)OC(C)(C)C)C(=O)c5ccc([N+](=O)[O-])cc5)cc4)no3)cc2)cc1. The van der Waals surface area contributed by atoms with Crippen molar-refractivity contribution in [1.29, 1.82) is 0 Å². The first kappa shape index (κ1) is 55.7. The first-order valence-corrected chi connectivity index (χ1v) is 23.6. The fourth-order valence-corrected chi connectivity index (χ4v) is 7.32. The number of oxime groups is 1. The molecule has 0 unspecified atom stereocenters. The third kappa shape index (κ3) is 16.0. The molecule has 7 aromatic rings. The number of carbonyl (C=O) groups excluding carboxylic acids is 4. The van der Waals surface area contributed by atoms with Crippen molar-refractivity contribution in [2.75, 3.05) is 13.1 Å². The van der Waals surface area contributed by atoms with E-state index in [0.717, 1.165) is 22.3 Å². The number of non-ortho nitro benzene ring substituents is 2. The molecule has 0 saturated carbocycles. The Morgan fingerprint density at radius 2 is 0.947 bits per heavy atom. The van der Waals surface area contributed by atoms with Crippen molar-refractivity contribution in [3.8, 4) is 34.0 Å². The molecule has 0 aliphatic heterocycles. The minimum Gasteiger partial charge on any atom is -0.459 e. The number of nitrogens with two attached hydrogens (primary N) is 1. The standard InChI is InChI=1S/C35H32N4O6.C21H24N4O6/c1-23-5-9-25(10-6-23)26-13-15-28(16-14-26)33-36-32(37-45-33)27-11-7-24(8-12-27)21-38(22-31(40)44-35(2,3)4)34(41)29-17-19-30(20-18-29)39(42)43;1-21(2,3)31-18(26)13-24(12-14-4-6-15(7-5-14)19(22)23-28)20(27)16-8-10-17(11-9-16)25(29)30/h5-20H,21-22H2,1-4H3;4-11,28H,12-13H2,1-3H3,(H2,22,23). The van der Waals surface area contributed by atoms with Crippen LogP contribution < -0.4 is 5.73 Å². The summed E-state index contributed by atoms with van der Waals surface area (Å²) in [5.74, 6) is -1.36. The van der Waals surface area contributed by atoms with Crippen molar-refractivity contribution in [3.05, 3.63) is 199 Å². The number of hydrogen-bond acceptors (Lipinski definition) is 15. The second-order valence-electron chi connectivity index (χ2n) is 19.3. The molecule has 6 aromatic carbocycles. The van der Waals surface area contributed by atoms with Gasteiger partial charge in [-0.1, -0.05) is 101 Å². The maximum atomic E-state index is 13.4. The van der Waals surface area contributed by atoms with Crippen molar-refractivity contribution < 1.29 is 48.2 Å². The number of amides is 2. The Morgan fingerprint density at radius 3 is 1.34 bits per heavy atom. The van der Waals surface area contributed by atoms with Gasteiger partial charge in [-0.2, -0.15) is 4.98 Å². The maximum absolute atomic E-state index is 13.4. The van der Waals surface area contributed by atoms with Crippen LogP contribution in [0.3, 0.4) is 0 Å². The second kappa shape index (κ2) is 24.4. The molecular formula is C56H56N8O12. The molecule has 0 bridgehead atoms. The number of carbonyl (C=O) groups is 4. The maximum Gasteiger partial charge on any atom is 0.326 e. The normalized spacial score (nSPS) is 11.4. The summed E-state index contributed by atoms with van der Waals surface area (Å²) < 4.78 is 16.3. The van der Waals surface area contributed by atoms with E-state index in [1.807, 2.05) is 48.5 Å². The molecule has 0 aliphatic carbocycles. The molecule has 20 nitrogen and oxygen atoms in total. The summed E-state index contributed by atoms with van der Waals surface area (Å²) in [6.07, 6.45) is 0. The molecule has 392 valence electrons. The molecule has 0 spiro atoms. The number of amidine groups is 1. The van der Waals surface area contributed by atoms with Crippen molar-refractivity contribution in [1.82, 2.24) is 19.9 Å². The average Bonchev–Trinajstić information content (AvgIpc) is 3.88.